The summed E-state index contributed by atoms with van der Waals surface area (Å²) in [6.07, 6.45) is 2.44. The van der Waals surface area contributed by atoms with Crippen molar-refractivity contribution in [3.8, 4) is 11.5 Å². The minimum Gasteiger partial charge on any atom is -0.508 e. The van der Waals surface area contributed by atoms with E-state index in [0.29, 0.717) is 0 Å². The quantitative estimate of drug-likeness (QED) is 0.753. The number of rotatable bonds is 2. The molecule has 0 saturated carbocycles. The fraction of sp³-hybridized carbons (Fsp3) is 0.538. The fourth-order valence-corrected chi connectivity index (χ4v) is 2.16. The topological polar surface area (TPSA) is 43.7 Å². The van der Waals surface area contributed by atoms with Crippen molar-refractivity contribution in [2.45, 2.75) is 26.3 Å². The molecule has 2 rings (SSSR count). The van der Waals surface area contributed by atoms with E-state index in [-0.39, 0.29) is 11.5 Å². The van der Waals surface area contributed by atoms with Crippen molar-refractivity contribution in [1.29, 1.82) is 0 Å². The highest BCUT2D eigenvalue weighted by molar-refractivity contribution is 5.38. The first kappa shape index (κ1) is 11.3. The van der Waals surface area contributed by atoms with E-state index in [0.717, 1.165) is 31.1 Å². The predicted molar refractivity (Wildman–Crippen MR) is 63.4 cm³/mol. The van der Waals surface area contributed by atoms with Crippen LogP contribution in [0.5, 0.6) is 11.5 Å². The summed E-state index contributed by atoms with van der Waals surface area (Å²) in [6.45, 7) is 5.17. The van der Waals surface area contributed by atoms with Crippen LogP contribution in [0.15, 0.2) is 18.2 Å². The maximum atomic E-state index is 9.68. The smallest absolute Gasteiger partial charge is 0.120 e. The van der Waals surface area contributed by atoms with Gasteiger partial charge >= 0.3 is 0 Å². The lowest BCUT2D eigenvalue weighted by molar-refractivity contribution is 0.183. The summed E-state index contributed by atoms with van der Waals surface area (Å²) in [5, 5.41) is 19.1. The van der Waals surface area contributed by atoms with Crippen LogP contribution >= 0.6 is 0 Å². The molecule has 1 saturated heterocycles. The van der Waals surface area contributed by atoms with Gasteiger partial charge in [0.2, 0.25) is 0 Å². The number of hydrogen-bond acceptors (Lipinski definition) is 3. The molecule has 3 nitrogen and oxygen atoms in total. The Morgan fingerprint density at radius 2 is 1.94 bits per heavy atom. The average Bonchev–Trinajstić information content (AvgIpc) is 2.27. The van der Waals surface area contributed by atoms with Gasteiger partial charge in [-0.2, -0.15) is 0 Å². The third kappa shape index (κ3) is 2.67. The van der Waals surface area contributed by atoms with E-state index >= 15 is 0 Å². The number of hydrogen-bond donors (Lipinski definition) is 2. The molecule has 88 valence electrons. The van der Waals surface area contributed by atoms with E-state index in [4.69, 9.17) is 0 Å². The zero-order chi connectivity index (χ0) is 11.5. The fourth-order valence-electron chi connectivity index (χ4n) is 2.16. The van der Waals surface area contributed by atoms with Gasteiger partial charge in [0.1, 0.15) is 11.5 Å². The third-order valence-corrected chi connectivity index (χ3v) is 3.33. The first-order chi connectivity index (χ1) is 7.65. The first-order valence-corrected chi connectivity index (χ1v) is 5.88. The van der Waals surface area contributed by atoms with Crippen molar-refractivity contribution in [2.75, 3.05) is 13.1 Å². The first-order valence-electron chi connectivity index (χ1n) is 5.88. The minimum atomic E-state index is 0.221. The van der Waals surface area contributed by atoms with Gasteiger partial charge in [-0.3, -0.25) is 4.90 Å². The van der Waals surface area contributed by atoms with Gasteiger partial charge in [0, 0.05) is 12.1 Å². The summed E-state index contributed by atoms with van der Waals surface area (Å²) in [4.78, 5) is 2.33. The second kappa shape index (κ2) is 4.74. The molecule has 0 amide bonds. The second-order valence-corrected chi connectivity index (χ2v) is 4.77. The summed E-state index contributed by atoms with van der Waals surface area (Å²) in [6, 6.07) is 4.71. The highest BCUT2D eigenvalue weighted by Gasteiger charge is 2.16. The number of piperidine rings is 1. The van der Waals surface area contributed by atoms with Gasteiger partial charge in [-0.05, 0) is 50.0 Å². The minimum absolute atomic E-state index is 0.221. The zero-order valence-corrected chi connectivity index (χ0v) is 9.69. The van der Waals surface area contributed by atoms with Crippen LogP contribution in [0.1, 0.15) is 25.3 Å². The van der Waals surface area contributed by atoms with Crippen LogP contribution in [0.4, 0.5) is 0 Å². The van der Waals surface area contributed by atoms with Crippen molar-refractivity contribution in [3.05, 3.63) is 23.8 Å². The van der Waals surface area contributed by atoms with Gasteiger partial charge in [0.25, 0.3) is 0 Å². The van der Waals surface area contributed by atoms with E-state index in [1.54, 1.807) is 12.1 Å². The maximum Gasteiger partial charge on any atom is 0.120 e. The molecule has 1 aliphatic heterocycles. The van der Waals surface area contributed by atoms with Crippen LogP contribution in [-0.4, -0.2) is 28.2 Å². The molecule has 0 radical (unpaired) electrons. The molecule has 0 unspecified atom stereocenters. The monoisotopic (exact) mass is 221 g/mol. The van der Waals surface area contributed by atoms with Crippen LogP contribution in [-0.2, 0) is 6.54 Å². The highest BCUT2D eigenvalue weighted by atomic mass is 16.3. The molecule has 0 aliphatic carbocycles. The lowest BCUT2D eigenvalue weighted by Crippen LogP contribution is -2.32. The van der Waals surface area contributed by atoms with E-state index in [1.165, 1.54) is 18.9 Å². The molecule has 0 atom stereocenters. The molecule has 0 bridgehead atoms. The molecule has 0 aromatic heterocycles. The van der Waals surface area contributed by atoms with Crippen LogP contribution in [0.3, 0.4) is 0 Å². The Morgan fingerprint density at radius 3 is 2.62 bits per heavy atom. The molecule has 3 heteroatoms. The Balaban J connectivity index is 2.00. The van der Waals surface area contributed by atoms with Gasteiger partial charge in [-0.1, -0.05) is 6.92 Å². The lowest BCUT2D eigenvalue weighted by atomic mass is 9.99. The molecule has 1 heterocycles. The SMILES string of the molecule is CC1CCN(Cc2cc(O)ccc2O)CC1. The van der Waals surface area contributed by atoms with Crippen molar-refractivity contribution in [3.63, 3.8) is 0 Å². The predicted octanol–water partition coefficient (Wildman–Crippen LogP) is 2.33. The van der Waals surface area contributed by atoms with E-state index in [1.807, 2.05) is 0 Å². The number of aromatic hydroxyl groups is 2. The largest absolute Gasteiger partial charge is 0.508 e. The second-order valence-electron chi connectivity index (χ2n) is 4.77. The van der Waals surface area contributed by atoms with E-state index < -0.39 is 0 Å². The van der Waals surface area contributed by atoms with Crippen LogP contribution < -0.4 is 0 Å². The Kier molecular flexibility index (Phi) is 3.34. The number of phenolic OH excluding ortho intramolecular Hbond substituents is 2. The van der Waals surface area contributed by atoms with Gasteiger partial charge in [-0.15, -0.1) is 0 Å². The molecular formula is C13H19NO2. The summed E-state index contributed by atoms with van der Waals surface area (Å²) in [5.41, 5.74) is 0.814. The van der Waals surface area contributed by atoms with Crippen LogP contribution in [0.2, 0.25) is 0 Å². The summed E-state index contributed by atoms with van der Waals surface area (Å²) >= 11 is 0. The van der Waals surface area contributed by atoms with E-state index in [9.17, 15) is 10.2 Å². The average molecular weight is 221 g/mol. The number of nitrogens with zero attached hydrogens (tertiary/aromatic N) is 1. The van der Waals surface area contributed by atoms with Crippen molar-refractivity contribution < 1.29 is 10.2 Å². The molecule has 0 spiro atoms. The van der Waals surface area contributed by atoms with E-state index in [2.05, 4.69) is 11.8 Å². The molecule has 1 aromatic rings. The highest BCUT2D eigenvalue weighted by Crippen LogP contribution is 2.25. The Morgan fingerprint density at radius 1 is 1.25 bits per heavy atom. The molecule has 16 heavy (non-hydrogen) atoms. The summed E-state index contributed by atoms with van der Waals surface area (Å²) in [7, 11) is 0. The Labute approximate surface area is 96.3 Å². The van der Waals surface area contributed by atoms with Crippen molar-refractivity contribution in [1.82, 2.24) is 4.90 Å². The molecular weight excluding hydrogens is 202 g/mol. The summed E-state index contributed by atoms with van der Waals surface area (Å²) < 4.78 is 0. The number of benzene rings is 1. The Bertz CT molecular complexity index is 357. The zero-order valence-electron chi connectivity index (χ0n) is 9.69. The maximum absolute atomic E-state index is 9.68. The van der Waals surface area contributed by atoms with Gasteiger partial charge in [0.15, 0.2) is 0 Å². The third-order valence-electron chi connectivity index (χ3n) is 3.33. The molecule has 1 aromatic carbocycles. The number of phenols is 2. The van der Waals surface area contributed by atoms with Crippen LogP contribution in [0.25, 0.3) is 0 Å². The molecule has 2 N–H and O–H groups in total. The van der Waals surface area contributed by atoms with Gasteiger partial charge in [-0.25, -0.2) is 0 Å². The van der Waals surface area contributed by atoms with Crippen molar-refractivity contribution in [2.24, 2.45) is 5.92 Å². The number of likely N-dealkylation sites (tertiary alicyclic amines) is 1. The van der Waals surface area contributed by atoms with Crippen molar-refractivity contribution >= 4 is 0 Å². The van der Waals surface area contributed by atoms with Gasteiger partial charge in [0.05, 0.1) is 0 Å². The van der Waals surface area contributed by atoms with Crippen LogP contribution in [0, 0.1) is 5.92 Å². The Hall–Kier alpha value is -1.22. The summed E-state index contributed by atoms with van der Waals surface area (Å²) in [5.74, 6) is 1.31. The lowest BCUT2D eigenvalue weighted by Gasteiger charge is -2.30. The standard InChI is InChI=1S/C13H19NO2/c1-10-4-6-14(7-5-10)9-11-8-12(15)2-3-13(11)16/h2-3,8,10,15-16H,4-7,9H2,1H3. The molecule has 1 fully saturated rings. The normalized spacial score (nSPS) is 18.8. The molecule has 1 aliphatic rings. The van der Waals surface area contributed by atoms with Gasteiger partial charge < -0.3 is 10.2 Å².